The molecule has 10 nitrogen and oxygen atoms in total. The fourth-order valence-electron chi connectivity index (χ4n) is 5.94. The Morgan fingerprint density at radius 3 is 2.46 bits per heavy atom. The number of amides is 2. The van der Waals surface area contributed by atoms with Gasteiger partial charge in [-0.25, -0.2) is 9.97 Å². The molecule has 0 spiro atoms. The molecule has 0 unspecified atom stereocenters. The van der Waals surface area contributed by atoms with E-state index in [2.05, 4.69) is 30.4 Å². The van der Waals surface area contributed by atoms with E-state index in [4.69, 9.17) is 9.72 Å². The Balaban J connectivity index is 1.37. The van der Waals surface area contributed by atoms with Gasteiger partial charge in [0.05, 0.1) is 11.7 Å². The van der Waals surface area contributed by atoms with Crippen LogP contribution in [0.4, 0.5) is 11.6 Å². The average molecular weight is 562 g/mol. The van der Waals surface area contributed by atoms with Crippen molar-refractivity contribution < 1.29 is 14.3 Å². The number of aromatic nitrogens is 3. The Hall–Kier alpha value is -3.66. The van der Waals surface area contributed by atoms with E-state index in [1.165, 1.54) is 19.3 Å². The number of benzene rings is 1. The summed E-state index contributed by atoms with van der Waals surface area (Å²) < 4.78 is 8.20. The Bertz CT molecular complexity index is 1320. The number of carbonyl (C=O) groups is 2. The minimum Gasteiger partial charge on any atom is -0.476 e. The van der Waals surface area contributed by atoms with Gasteiger partial charge in [-0.15, -0.1) is 0 Å². The van der Waals surface area contributed by atoms with Gasteiger partial charge in [0.15, 0.2) is 0 Å². The van der Waals surface area contributed by atoms with Gasteiger partial charge in [-0.1, -0.05) is 6.42 Å². The quantitative estimate of drug-likeness (QED) is 0.324. The first-order chi connectivity index (χ1) is 19.9. The van der Waals surface area contributed by atoms with Crippen molar-refractivity contribution in [2.45, 2.75) is 70.9 Å². The molecule has 10 heteroatoms. The molecule has 220 valence electrons. The summed E-state index contributed by atoms with van der Waals surface area (Å²) in [5.74, 6) is 0.954. The van der Waals surface area contributed by atoms with E-state index in [1.807, 2.05) is 39.1 Å². The van der Waals surface area contributed by atoms with E-state index in [-0.39, 0.29) is 29.8 Å². The second-order valence-electron chi connectivity index (χ2n) is 11.5. The summed E-state index contributed by atoms with van der Waals surface area (Å²) in [6.07, 6.45) is 8.73. The number of hydrogen-bond donors (Lipinski definition) is 3. The van der Waals surface area contributed by atoms with Gasteiger partial charge in [-0.05, 0) is 89.7 Å². The van der Waals surface area contributed by atoms with Crippen LogP contribution in [-0.4, -0.2) is 70.6 Å². The molecule has 0 bridgehead atoms. The Morgan fingerprint density at radius 2 is 1.78 bits per heavy atom. The number of anilines is 2. The number of rotatable bonds is 10. The Kier molecular flexibility index (Phi) is 9.38. The van der Waals surface area contributed by atoms with Crippen molar-refractivity contribution in [3.63, 3.8) is 0 Å². The third kappa shape index (κ3) is 7.16. The van der Waals surface area contributed by atoms with Crippen molar-refractivity contribution in [1.82, 2.24) is 24.8 Å². The molecule has 5 rings (SSSR count). The molecular formula is C31H43N7O3. The molecule has 3 heterocycles. The molecule has 2 aliphatic rings. The summed E-state index contributed by atoms with van der Waals surface area (Å²) >= 11 is 0. The molecule has 3 N–H and O–H groups in total. The highest BCUT2D eigenvalue weighted by Crippen LogP contribution is 2.37. The summed E-state index contributed by atoms with van der Waals surface area (Å²) in [6.45, 7) is 7.69. The van der Waals surface area contributed by atoms with Crippen molar-refractivity contribution in [3.05, 3.63) is 42.1 Å². The van der Waals surface area contributed by atoms with Crippen LogP contribution in [0.25, 0.3) is 11.0 Å². The summed E-state index contributed by atoms with van der Waals surface area (Å²) in [7, 11) is 1.85. The first kappa shape index (κ1) is 28.9. The van der Waals surface area contributed by atoms with Crippen molar-refractivity contribution in [3.8, 4) is 5.88 Å². The maximum Gasteiger partial charge on any atom is 0.257 e. The van der Waals surface area contributed by atoms with Gasteiger partial charge in [0, 0.05) is 48.9 Å². The fourth-order valence-corrected chi connectivity index (χ4v) is 5.94. The summed E-state index contributed by atoms with van der Waals surface area (Å²) in [6, 6.07) is 9.49. The number of imidazole rings is 1. The van der Waals surface area contributed by atoms with Gasteiger partial charge in [0.1, 0.15) is 12.1 Å². The smallest absolute Gasteiger partial charge is 0.257 e. The Labute approximate surface area is 242 Å². The topological polar surface area (TPSA) is 113 Å². The molecule has 2 fully saturated rings. The van der Waals surface area contributed by atoms with E-state index >= 15 is 0 Å². The van der Waals surface area contributed by atoms with Crippen LogP contribution in [0.5, 0.6) is 5.88 Å². The SMILES string of the molecule is CNc1ccc(C(=O)Nc2nc3cnc(OCCN4CCCCC4)cc3n2C2CCC(C(=O)NC(C)C)CC2)cc1. The zero-order valence-electron chi connectivity index (χ0n) is 24.5. The molecule has 1 saturated heterocycles. The van der Waals surface area contributed by atoms with Crippen molar-refractivity contribution in [2.75, 3.05) is 43.9 Å². The zero-order valence-corrected chi connectivity index (χ0v) is 24.5. The van der Waals surface area contributed by atoms with E-state index in [1.54, 1.807) is 18.3 Å². The minimum atomic E-state index is -0.222. The van der Waals surface area contributed by atoms with Crippen LogP contribution in [0.3, 0.4) is 0 Å². The molecule has 3 aromatic rings. The number of ether oxygens (including phenoxy) is 1. The number of pyridine rings is 1. The number of nitrogens with one attached hydrogen (secondary N) is 3. The average Bonchev–Trinajstić information content (AvgIpc) is 3.34. The number of fused-ring (bicyclic) bond motifs is 1. The molecule has 2 aromatic heterocycles. The highest BCUT2D eigenvalue weighted by molar-refractivity contribution is 6.04. The number of likely N-dealkylation sites (tertiary alicyclic amines) is 1. The molecule has 1 aromatic carbocycles. The Morgan fingerprint density at radius 1 is 1.05 bits per heavy atom. The first-order valence-corrected chi connectivity index (χ1v) is 15.0. The monoisotopic (exact) mass is 561 g/mol. The number of hydrogen-bond acceptors (Lipinski definition) is 7. The summed E-state index contributed by atoms with van der Waals surface area (Å²) in [5.41, 5.74) is 3.07. The normalized spacial score (nSPS) is 19.7. The van der Waals surface area contributed by atoms with Crippen molar-refractivity contribution in [2.24, 2.45) is 5.92 Å². The van der Waals surface area contributed by atoms with Crippen LogP contribution in [0.1, 0.15) is 75.2 Å². The largest absolute Gasteiger partial charge is 0.476 e. The predicted octanol–water partition coefficient (Wildman–Crippen LogP) is 4.85. The minimum absolute atomic E-state index is 0.00233. The standard InChI is InChI=1S/C31H43N7O3/c1-21(2)34-29(39)23-9-13-25(14-10-23)38-27-19-28(41-18-17-37-15-5-4-6-16-37)33-20-26(27)35-31(38)36-30(40)22-7-11-24(32-3)12-8-22/h7-8,11-12,19-21,23,25,32H,4-6,9-10,13-18H2,1-3H3,(H,34,39)(H,35,36,40). The maximum absolute atomic E-state index is 13.2. The third-order valence-corrected chi connectivity index (χ3v) is 8.18. The van der Waals surface area contributed by atoms with Gasteiger partial charge < -0.3 is 19.9 Å². The lowest BCUT2D eigenvalue weighted by Gasteiger charge is -2.30. The van der Waals surface area contributed by atoms with Crippen LogP contribution in [0.15, 0.2) is 36.5 Å². The molecule has 1 aliphatic heterocycles. The third-order valence-electron chi connectivity index (χ3n) is 8.18. The number of nitrogens with zero attached hydrogens (tertiary/aromatic N) is 4. The summed E-state index contributed by atoms with van der Waals surface area (Å²) in [4.78, 5) is 37.7. The van der Waals surface area contributed by atoms with Crippen LogP contribution < -0.4 is 20.7 Å². The molecule has 0 atom stereocenters. The van der Waals surface area contributed by atoms with Crippen LogP contribution in [-0.2, 0) is 4.79 Å². The van der Waals surface area contributed by atoms with Crippen molar-refractivity contribution >= 4 is 34.5 Å². The lowest BCUT2D eigenvalue weighted by atomic mass is 9.85. The number of piperidine rings is 1. The van der Waals surface area contributed by atoms with Crippen LogP contribution >= 0.6 is 0 Å². The fraction of sp³-hybridized carbons (Fsp3) is 0.548. The van der Waals surface area contributed by atoms with Gasteiger partial charge >= 0.3 is 0 Å². The lowest BCUT2D eigenvalue weighted by molar-refractivity contribution is -0.126. The van der Waals surface area contributed by atoms with Gasteiger partial charge in [0.25, 0.3) is 5.91 Å². The lowest BCUT2D eigenvalue weighted by Crippen LogP contribution is -2.37. The molecule has 1 aliphatic carbocycles. The maximum atomic E-state index is 13.2. The highest BCUT2D eigenvalue weighted by atomic mass is 16.5. The molecule has 0 radical (unpaired) electrons. The van der Waals surface area contributed by atoms with Gasteiger partial charge in [-0.2, -0.15) is 0 Å². The molecule has 41 heavy (non-hydrogen) atoms. The van der Waals surface area contributed by atoms with Crippen molar-refractivity contribution in [1.29, 1.82) is 0 Å². The van der Waals surface area contributed by atoms with Gasteiger partial charge in [0.2, 0.25) is 17.7 Å². The van der Waals surface area contributed by atoms with E-state index in [9.17, 15) is 9.59 Å². The van der Waals surface area contributed by atoms with Gasteiger partial charge in [-0.3, -0.25) is 19.8 Å². The van der Waals surface area contributed by atoms with Crippen LogP contribution in [0.2, 0.25) is 0 Å². The highest BCUT2D eigenvalue weighted by Gasteiger charge is 2.30. The van der Waals surface area contributed by atoms with E-state index < -0.39 is 0 Å². The van der Waals surface area contributed by atoms with E-state index in [0.717, 1.165) is 56.5 Å². The number of carbonyl (C=O) groups excluding carboxylic acids is 2. The molecular weight excluding hydrogens is 518 g/mol. The predicted molar refractivity (Wildman–Crippen MR) is 162 cm³/mol. The molecule has 1 saturated carbocycles. The zero-order chi connectivity index (χ0) is 28.8. The second kappa shape index (κ2) is 13.3. The first-order valence-electron chi connectivity index (χ1n) is 15.0. The second-order valence-corrected chi connectivity index (χ2v) is 11.5. The summed E-state index contributed by atoms with van der Waals surface area (Å²) in [5, 5.41) is 9.19. The molecule has 2 amide bonds. The van der Waals surface area contributed by atoms with E-state index in [0.29, 0.717) is 29.5 Å². The van der Waals surface area contributed by atoms with Crippen LogP contribution in [0, 0.1) is 5.92 Å².